The number of pyridine rings is 2. The lowest BCUT2D eigenvalue weighted by molar-refractivity contribution is 1.12. The summed E-state index contributed by atoms with van der Waals surface area (Å²) in [7, 11) is 0. The highest BCUT2D eigenvalue weighted by atomic mass is 16.1. The van der Waals surface area contributed by atoms with E-state index in [1.165, 1.54) is 5.56 Å². The first kappa shape index (κ1) is 20.7. The molecule has 0 atom stereocenters. The summed E-state index contributed by atoms with van der Waals surface area (Å²) in [5.41, 5.74) is 6.39. The molecule has 0 bridgehead atoms. The largest absolute Gasteiger partial charge is 0.341 e. The van der Waals surface area contributed by atoms with E-state index in [1.54, 1.807) is 6.07 Å². The van der Waals surface area contributed by atoms with E-state index < -0.39 is 0 Å². The highest BCUT2D eigenvalue weighted by Crippen LogP contribution is 2.31. The first-order valence-corrected chi connectivity index (χ1v) is 11.1. The molecule has 1 aliphatic rings. The molecule has 0 fully saturated rings. The highest BCUT2D eigenvalue weighted by Gasteiger charge is 2.18. The Bertz CT molecular complexity index is 1470. The van der Waals surface area contributed by atoms with E-state index in [1.807, 2.05) is 67.6 Å². The van der Waals surface area contributed by atoms with Crippen molar-refractivity contribution in [3.8, 4) is 11.3 Å². The van der Waals surface area contributed by atoms with E-state index >= 15 is 0 Å². The van der Waals surface area contributed by atoms with Crippen LogP contribution in [0, 0.1) is 13.8 Å². The molecule has 0 radical (unpaired) electrons. The predicted molar refractivity (Wildman–Crippen MR) is 138 cm³/mol. The number of benzene rings is 2. The minimum Gasteiger partial charge on any atom is -0.341 e. The lowest BCUT2D eigenvalue weighted by Crippen LogP contribution is -2.14. The maximum atomic E-state index is 13.5. The first-order valence-electron chi connectivity index (χ1n) is 11.1. The fourth-order valence-electron chi connectivity index (χ4n) is 4.16. The summed E-state index contributed by atoms with van der Waals surface area (Å²) >= 11 is 0. The average Bonchev–Trinajstić information content (AvgIpc) is 3.09. The molecule has 0 unspecified atom stereocenters. The molecule has 4 nitrogen and oxygen atoms in total. The Balaban J connectivity index is 1.83. The quantitative estimate of drug-likeness (QED) is 0.387. The summed E-state index contributed by atoms with van der Waals surface area (Å²) in [6.45, 7) is 4.03. The zero-order valence-corrected chi connectivity index (χ0v) is 18.7. The van der Waals surface area contributed by atoms with Gasteiger partial charge in [0.15, 0.2) is 5.43 Å². The maximum absolute atomic E-state index is 13.5. The number of aromatic nitrogens is 2. The molecule has 5 rings (SSSR count). The summed E-state index contributed by atoms with van der Waals surface area (Å²) in [5, 5.41) is 4.08. The molecule has 0 saturated heterocycles. The van der Waals surface area contributed by atoms with E-state index in [-0.39, 0.29) is 5.43 Å². The van der Waals surface area contributed by atoms with Crippen molar-refractivity contribution in [3.63, 3.8) is 0 Å². The number of nitrogens with one attached hydrogen (secondary N) is 1. The van der Waals surface area contributed by atoms with Crippen LogP contribution in [0.1, 0.15) is 17.7 Å². The van der Waals surface area contributed by atoms with Crippen LogP contribution < -0.4 is 10.7 Å². The first-order chi connectivity index (χ1) is 16.1. The van der Waals surface area contributed by atoms with Gasteiger partial charge in [-0.1, -0.05) is 72.3 Å². The van der Waals surface area contributed by atoms with Gasteiger partial charge in [0.25, 0.3) is 0 Å². The minimum absolute atomic E-state index is 0.0564. The predicted octanol–water partition coefficient (Wildman–Crippen LogP) is 6.78. The number of anilines is 2. The van der Waals surface area contributed by atoms with Gasteiger partial charge < -0.3 is 5.32 Å². The van der Waals surface area contributed by atoms with Gasteiger partial charge in [-0.25, -0.2) is 0 Å². The Kier molecular flexibility index (Phi) is 5.49. The topological polar surface area (TPSA) is 46.9 Å². The molecule has 0 saturated carbocycles. The van der Waals surface area contributed by atoms with Crippen LogP contribution in [0.2, 0.25) is 0 Å². The minimum atomic E-state index is -0.0564. The Morgan fingerprint density at radius 1 is 0.939 bits per heavy atom. The van der Waals surface area contributed by atoms with Crippen LogP contribution in [0.4, 0.5) is 11.5 Å². The molecule has 162 valence electrons. The second kappa shape index (κ2) is 8.75. The molecule has 0 spiro atoms. The summed E-state index contributed by atoms with van der Waals surface area (Å²) in [6, 6.07) is 21.8. The molecule has 1 N–H and O–H groups in total. The van der Waals surface area contributed by atoms with Crippen LogP contribution in [0.25, 0.3) is 27.9 Å². The van der Waals surface area contributed by atoms with Gasteiger partial charge in [-0.2, -0.15) is 0 Å². The van der Waals surface area contributed by atoms with Crippen molar-refractivity contribution >= 4 is 28.1 Å². The molecule has 0 amide bonds. The number of nitrogens with zero attached hydrogens (tertiary/aromatic N) is 2. The highest BCUT2D eigenvalue weighted by molar-refractivity contribution is 5.96. The Morgan fingerprint density at radius 2 is 1.73 bits per heavy atom. The fourth-order valence-corrected chi connectivity index (χ4v) is 4.16. The summed E-state index contributed by atoms with van der Waals surface area (Å²) < 4.78 is 2.12. The SMILES string of the molecule is Cc1ccc(-c2nc(C)cc3c2c(=O)cc(Nc2ccccc2)n3C2=CCC=CC=C2)cc1. The summed E-state index contributed by atoms with van der Waals surface area (Å²) in [5.74, 6) is 0.719. The lowest BCUT2D eigenvalue weighted by atomic mass is 10.0. The standard InChI is InChI=1S/C29H25N3O/c1-20-14-16-22(17-15-20)29-28-25(18-21(2)30-29)32(24-12-8-3-4-9-13-24)27(19-26(28)33)31-23-10-6-5-7-11-23/h3-8,10-19,31H,9H2,1-2H3. The van der Waals surface area contributed by atoms with Crippen molar-refractivity contribution in [2.75, 3.05) is 5.32 Å². The molecule has 2 aromatic heterocycles. The maximum Gasteiger partial charge on any atom is 0.193 e. The van der Waals surface area contributed by atoms with Gasteiger partial charge >= 0.3 is 0 Å². The Morgan fingerprint density at radius 3 is 2.52 bits per heavy atom. The van der Waals surface area contributed by atoms with Crippen LogP contribution in [0.15, 0.2) is 102 Å². The number of hydrogen-bond acceptors (Lipinski definition) is 3. The van der Waals surface area contributed by atoms with Crippen LogP contribution in [0.3, 0.4) is 0 Å². The molecule has 2 heterocycles. The van der Waals surface area contributed by atoms with E-state index in [0.29, 0.717) is 11.1 Å². The third kappa shape index (κ3) is 4.15. The van der Waals surface area contributed by atoms with Gasteiger partial charge in [0.05, 0.1) is 16.6 Å². The van der Waals surface area contributed by atoms with Gasteiger partial charge in [0.1, 0.15) is 5.82 Å². The Hall–Kier alpha value is -4.18. The molecule has 4 aromatic rings. The van der Waals surface area contributed by atoms with E-state index in [0.717, 1.165) is 40.4 Å². The van der Waals surface area contributed by atoms with Gasteiger partial charge in [0.2, 0.25) is 0 Å². The molecule has 0 aliphatic heterocycles. The van der Waals surface area contributed by atoms with Crippen molar-refractivity contribution < 1.29 is 0 Å². The second-order valence-corrected chi connectivity index (χ2v) is 8.24. The summed E-state index contributed by atoms with van der Waals surface area (Å²) in [6.07, 6.45) is 11.2. The average molecular weight is 432 g/mol. The molecule has 1 aliphatic carbocycles. The summed E-state index contributed by atoms with van der Waals surface area (Å²) in [4.78, 5) is 18.3. The molecular weight excluding hydrogens is 406 g/mol. The molecular formula is C29H25N3O. The van der Waals surface area contributed by atoms with E-state index in [9.17, 15) is 4.79 Å². The number of para-hydroxylation sites is 1. The fraction of sp³-hybridized carbons (Fsp3) is 0.103. The van der Waals surface area contributed by atoms with Crippen molar-refractivity contribution in [3.05, 3.63) is 119 Å². The number of hydrogen-bond donors (Lipinski definition) is 1. The van der Waals surface area contributed by atoms with Gasteiger partial charge in [-0.15, -0.1) is 0 Å². The lowest BCUT2D eigenvalue weighted by Gasteiger charge is -2.20. The van der Waals surface area contributed by atoms with Crippen LogP contribution in [-0.2, 0) is 0 Å². The second-order valence-electron chi connectivity index (χ2n) is 8.24. The van der Waals surface area contributed by atoms with Crippen molar-refractivity contribution in [1.29, 1.82) is 0 Å². The van der Waals surface area contributed by atoms with Crippen LogP contribution >= 0.6 is 0 Å². The molecule has 4 heteroatoms. The smallest absolute Gasteiger partial charge is 0.193 e. The number of allylic oxidation sites excluding steroid dienone is 6. The van der Waals surface area contributed by atoms with Crippen molar-refractivity contribution in [2.24, 2.45) is 0 Å². The zero-order valence-electron chi connectivity index (χ0n) is 18.7. The number of aryl methyl sites for hydroxylation is 2. The number of fused-ring (bicyclic) bond motifs is 1. The van der Waals surface area contributed by atoms with Crippen LogP contribution in [-0.4, -0.2) is 9.55 Å². The van der Waals surface area contributed by atoms with Crippen molar-refractivity contribution in [2.45, 2.75) is 20.3 Å². The molecule has 33 heavy (non-hydrogen) atoms. The van der Waals surface area contributed by atoms with E-state index in [2.05, 4.69) is 47.2 Å². The zero-order chi connectivity index (χ0) is 22.8. The third-order valence-corrected chi connectivity index (χ3v) is 5.73. The Labute approximate surface area is 193 Å². The van der Waals surface area contributed by atoms with E-state index in [4.69, 9.17) is 4.98 Å². The van der Waals surface area contributed by atoms with Crippen molar-refractivity contribution in [1.82, 2.24) is 9.55 Å². The third-order valence-electron chi connectivity index (χ3n) is 5.73. The van der Waals surface area contributed by atoms with Gasteiger partial charge in [-0.3, -0.25) is 14.3 Å². The molecule has 2 aromatic carbocycles. The van der Waals surface area contributed by atoms with Gasteiger partial charge in [-0.05, 0) is 44.5 Å². The van der Waals surface area contributed by atoms with Crippen LogP contribution in [0.5, 0.6) is 0 Å². The number of rotatable bonds is 4. The normalized spacial score (nSPS) is 13.1. The monoisotopic (exact) mass is 431 g/mol. The van der Waals surface area contributed by atoms with Gasteiger partial charge in [0, 0.05) is 28.7 Å².